The molecule has 0 saturated heterocycles. The van der Waals surface area contributed by atoms with Crippen molar-refractivity contribution < 1.29 is 27.2 Å². The van der Waals surface area contributed by atoms with Gasteiger partial charge in [-0.25, -0.2) is 0 Å². The SMILES string of the molecule is Cc1cccc(OCc2c(C(=O)Nc3cc(C(F)(F)F)ccc3Cl)noc2C)c1. The van der Waals surface area contributed by atoms with Crippen molar-refractivity contribution in [2.75, 3.05) is 5.32 Å². The number of anilines is 1. The number of carbonyl (C=O) groups is 1. The molecule has 9 heteroatoms. The van der Waals surface area contributed by atoms with Gasteiger partial charge in [0, 0.05) is 0 Å². The number of nitrogens with one attached hydrogen (secondary N) is 1. The van der Waals surface area contributed by atoms with Crippen molar-refractivity contribution in [2.24, 2.45) is 0 Å². The zero-order valence-electron chi connectivity index (χ0n) is 15.4. The molecule has 0 saturated carbocycles. The Balaban J connectivity index is 1.80. The van der Waals surface area contributed by atoms with Crippen LogP contribution < -0.4 is 10.1 Å². The van der Waals surface area contributed by atoms with Crippen molar-refractivity contribution in [3.63, 3.8) is 0 Å². The molecule has 0 aliphatic heterocycles. The first-order valence-corrected chi connectivity index (χ1v) is 8.85. The third kappa shape index (κ3) is 4.89. The predicted octanol–water partition coefficient (Wildman–Crippen LogP) is 5.79. The minimum Gasteiger partial charge on any atom is -0.489 e. The number of aryl methyl sites for hydroxylation is 2. The van der Waals surface area contributed by atoms with Crippen LogP contribution >= 0.6 is 11.6 Å². The summed E-state index contributed by atoms with van der Waals surface area (Å²) >= 11 is 5.93. The van der Waals surface area contributed by atoms with Crippen molar-refractivity contribution in [1.82, 2.24) is 5.16 Å². The van der Waals surface area contributed by atoms with Gasteiger partial charge in [-0.1, -0.05) is 28.9 Å². The third-order valence-corrected chi connectivity index (χ3v) is 4.44. The molecular formula is C20H16ClF3N2O3. The second kappa shape index (κ2) is 8.16. The van der Waals surface area contributed by atoms with Crippen molar-refractivity contribution in [1.29, 1.82) is 0 Å². The van der Waals surface area contributed by atoms with E-state index in [0.29, 0.717) is 17.1 Å². The maximum atomic E-state index is 12.9. The van der Waals surface area contributed by atoms with E-state index >= 15 is 0 Å². The molecule has 0 spiro atoms. The zero-order chi connectivity index (χ0) is 21.2. The van der Waals surface area contributed by atoms with E-state index in [9.17, 15) is 18.0 Å². The van der Waals surface area contributed by atoms with Crippen LogP contribution in [-0.4, -0.2) is 11.1 Å². The third-order valence-electron chi connectivity index (χ3n) is 4.11. The van der Waals surface area contributed by atoms with Gasteiger partial charge >= 0.3 is 6.18 Å². The maximum Gasteiger partial charge on any atom is 0.416 e. The van der Waals surface area contributed by atoms with E-state index in [1.54, 1.807) is 13.0 Å². The van der Waals surface area contributed by atoms with Crippen LogP contribution in [0.25, 0.3) is 0 Å². The molecule has 0 aliphatic rings. The predicted molar refractivity (Wildman–Crippen MR) is 101 cm³/mol. The number of amides is 1. The highest BCUT2D eigenvalue weighted by Gasteiger charge is 2.31. The lowest BCUT2D eigenvalue weighted by Crippen LogP contribution is -2.16. The molecule has 0 radical (unpaired) electrons. The number of ether oxygens (including phenoxy) is 1. The summed E-state index contributed by atoms with van der Waals surface area (Å²) in [5.41, 5.74) is 0.173. The molecule has 1 aromatic heterocycles. The number of alkyl halides is 3. The number of carbonyl (C=O) groups excluding carboxylic acids is 1. The Morgan fingerprint density at radius 3 is 2.66 bits per heavy atom. The molecule has 3 aromatic rings. The topological polar surface area (TPSA) is 64.4 Å². The summed E-state index contributed by atoms with van der Waals surface area (Å²) in [7, 11) is 0. The molecule has 0 atom stereocenters. The monoisotopic (exact) mass is 424 g/mol. The molecule has 1 heterocycles. The highest BCUT2D eigenvalue weighted by molar-refractivity contribution is 6.34. The molecule has 29 heavy (non-hydrogen) atoms. The van der Waals surface area contributed by atoms with Crippen molar-refractivity contribution in [3.05, 3.63) is 75.6 Å². The summed E-state index contributed by atoms with van der Waals surface area (Å²) in [6.07, 6.45) is -4.57. The molecule has 5 nitrogen and oxygen atoms in total. The van der Waals surface area contributed by atoms with E-state index in [4.69, 9.17) is 20.9 Å². The summed E-state index contributed by atoms with van der Waals surface area (Å²) in [5, 5.41) is 6.02. The van der Waals surface area contributed by atoms with Crippen LogP contribution in [0.2, 0.25) is 5.02 Å². The largest absolute Gasteiger partial charge is 0.489 e. The molecule has 1 N–H and O–H groups in total. The Morgan fingerprint density at radius 2 is 1.97 bits per heavy atom. The number of halogens is 4. The highest BCUT2D eigenvalue weighted by Crippen LogP contribution is 2.34. The molecule has 0 aliphatic carbocycles. The van der Waals surface area contributed by atoms with E-state index in [2.05, 4.69) is 10.5 Å². The van der Waals surface area contributed by atoms with Gasteiger partial charge in [-0.3, -0.25) is 4.79 Å². The van der Waals surface area contributed by atoms with E-state index < -0.39 is 17.6 Å². The smallest absolute Gasteiger partial charge is 0.416 e. The summed E-state index contributed by atoms with van der Waals surface area (Å²) in [5.74, 6) is 0.196. The Kier molecular flexibility index (Phi) is 5.83. The summed E-state index contributed by atoms with van der Waals surface area (Å²) < 4.78 is 49.5. The summed E-state index contributed by atoms with van der Waals surface area (Å²) in [6, 6.07) is 9.98. The molecule has 0 bridgehead atoms. The number of hydrogen-bond acceptors (Lipinski definition) is 4. The molecule has 3 rings (SSSR count). The molecular weight excluding hydrogens is 409 g/mol. The van der Waals surface area contributed by atoms with Crippen LogP contribution in [0, 0.1) is 13.8 Å². The second-order valence-corrected chi connectivity index (χ2v) is 6.72. The van der Waals surface area contributed by atoms with E-state index in [1.165, 1.54) is 0 Å². The van der Waals surface area contributed by atoms with Crippen molar-refractivity contribution in [3.8, 4) is 5.75 Å². The Hall–Kier alpha value is -3.00. The maximum absolute atomic E-state index is 12.9. The van der Waals surface area contributed by atoms with Gasteiger partial charge in [0.15, 0.2) is 5.69 Å². The fraction of sp³-hybridized carbons (Fsp3) is 0.200. The minimum atomic E-state index is -4.57. The lowest BCUT2D eigenvalue weighted by molar-refractivity contribution is -0.137. The Bertz CT molecular complexity index is 1050. The molecule has 2 aromatic carbocycles. The average Bonchev–Trinajstić information content (AvgIpc) is 3.01. The van der Waals surface area contributed by atoms with Crippen LogP contribution in [0.3, 0.4) is 0 Å². The standard InChI is InChI=1S/C20H16ClF3N2O3/c1-11-4-3-5-14(8-11)28-10-15-12(2)29-26-18(15)19(27)25-17-9-13(20(22,23)24)6-7-16(17)21/h3-9H,10H2,1-2H3,(H,25,27). The van der Waals surface area contributed by atoms with Crippen molar-refractivity contribution >= 4 is 23.2 Å². The number of aromatic nitrogens is 1. The molecule has 152 valence electrons. The Labute approximate surface area is 169 Å². The first-order valence-electron chi connectivity index (χ1n) is 8.48. The van der Waals surface area contributed by atoms with Gasteiger partial charge in [0.2, 0.25) is 0 Å². The molecule has 1 amide bonds. The lowest BCUT2D eigenvalue weighted by Gasteiger charge is -2.11. The van der Waals surface area contributed by atoms with Gasteiger partial charge in [0.05, 0.1) is 21.8 Å². The van der Waals surface area contributed by atoms with E-state index in [1.807, 2.05) is 25.1 Å². The highest BCUT2D eigenvalue weighted by atomic mass is 35.5. The average molecular weight is 425 g/mol. The lowest BCUT2D eigenvalue weighted by atomic mass is 10.1. The van der Waals surface area contributed by atoms with Gasteiger partial charge in [-0.15, -0.1) is 0 Å². The number of hydrogen-bond donors (Lipinski definition) is 1. The summed E-state index contributed by atoms with van der Waals surface area (Å²) in [4.78, 5) is 12.6. The van der Waals surface area contributed by atoms with Gasteiger partial charge < -0.3 is 14.6 Å². The van der Waals surface area contributed by atoms with Crippen molar-refractivity contribution in [2.45, 2.75) is 26.6 Å². The number of rotatable bonds is 5. The Morgan fingerprint density at radius 1 is 1.21 bits per heavy atom. The minimum absolute atomic E-state index is 0.00212. The summed E-state index contributed by atoms with van der Waals surface area (Å²) in [6.45, 7) is 3.52. The van der Waals surface area contributed by atoms with Crippen LogP contribution in [0.1, 0.15) is 32.9 Å². The number of benzene rings is 2. The van der Waals surface area contributed by atoms with Crippen LogP contribution in [0.5, 0.6) is 5.75 Å². The van der Waals surface area contributed by atoms with Crippen LogP contribution in [-0.2, 0) is 12.8 Å². The first kappa shape index (κ1) is 20.7. The van der Waals surface area contributed by atoms with Gasteiger partial charge in [-0.2, -0.15) is 13.2 Å². The van der Waals surface area contributed by atoms with E-state index in [0.717, 1.165) is 23.8 Å². The fourth-order valence-corrected chi connectivity index (χ4v) is 2.74. The van der Waals surface area contributed by atoms with Crippen LogP contribution in [0.4, 0.5) is 18.9 Å². The zero-order valence-corrected chi connectivity index (χ0v) is 16.2. The normalized spacial score (nSPS) is 11.4. The quantitative estimate of drug-likeness (QED) is 0.562. The number of nitrogens with zero attached hydrogens (tertiary/aromatic N) is 1. The fourth-order valence-electron chi connectivity index (χ4n) is 2.58. The molecule has 0 fully saturated rings. The molecule has 0 unspecified atom stereocenters. The first-order chi connectivity index (χ1) is 13.6. The van der Waals surface area contributed by atoms with Gasteiger partial charge in [0.1, 0.15) is 18.1 Å². The van der Waals surface area contributed by atoms with E-state index in [-0.39, 0.29) is 23.0 Å². The van der Waals surface area contributed by atoms with Crippen LogP contribution in [0.15, 0.2) is 47.0 Å². The van der Waals surface area contributed by atoms with Gasteiger partial charge in [-0.05, 0) is 49.7 Å². The second-order valence-electron chi connectivity index (χ2n) is 6.32. The van der Waals surface area contributed by atoms with Gasteiger partial charge in [0.25, 0.3) is 5.91 Å².